The Morgan fingerprint density at radius 3 is 2.18 bits per heavy atom. The molecule has 39 heavy (non-hydrogen) atoms. The van der Waals surface area contributed by atoms with Crippen molar-refractivity contribution in [3.8, 4) is 22.7 Å². The van der Waals surface area contributed by atoms with Gasteiger partial charge in [-0.1, -0.05) is 60.1 Å². The average molecular weight is 560 g/mol. The summed E-state index contributed by atoms with van der Waals surface area (Å²) in [6.07, 6.45) is 0. The van der Waals surface area contributed by atoms with Gasteiger partial charge in [-0.15, -0.1) is 10.6 Å². The predicted molar refractivity (Wildman–Crippen MR) is 156 cm³/mol. The zero-order valence-electron chi connectivity index (χ0n) is 21.2. The van der Waals surface area contributed by atoms with Crippen LogP contribution in [0.5, 0.6) is 5.75 Å². The first kappa shape index (κ1) is 26.5. The summed E-state index contributed by atoms with van der Waals surface area (Å²) in [4.78, 5) is 14.3. The molecule has 0 spiro atoms. The van der Waals surface area contributed by atoms with E-state index in [1.807, 2.05) is 67.6 Å². The number of para-hydroxylation sites is 1. The minimum Gasteiger partial charge on any atom is -0.497 e. The van der Waals surface area contributed by atoms with Gasteiger partial charge in [-0.2, -0.15) is 5.10 Å². The molecule has 7 nitrogen and oxygen atoms in total. The lowest BCUT2D eigenvalue weighted by Gasteiger charge is -2.33. The maximum Gasteiger partial charge on any atom is 0.259 e. The highest BCUT2D eigenvalue weighted by Gasteiger charge is 2.25. The van der Waals surface area contributed by atoms with Gasteiger partial charge in [0.2, 0.25) is 0 Å². The predicted octanol–water partition coefficient (Wildman–Crippen LogP) is 7.93. The summed E-state index contributed by atoms with van der Waals surface area (Å²) in [7, 11) is -1.94. The molecule has 0 saturated heterocycles. The number of hydrogen-bond acceptors (Lipinski definition) is 5. The molecule has 0 atom stereocenters. The second-order valence-electron chi connectivity index (χ2n) is 8.78. The molecule has 4 aromatic carbocycles. The van der Waals surface area contributed by atoms with Gasteiger partial charge in [-0.3, -0.25) is 13.9 Å². The van der Waals surface area contributed by atoms with Crippen LogP contribution in [0.4, 0.5) is 5.69 Å². The minimum absolute atomic E-state index is 0.194. The van der Waals surface area contributed by atoms with Crippen LogP contribution in [-0.2, 0) is 0 Å². The fourth-order valence-corrected chi connectivity index (χ4v) is 5.76. The summed E-state index contributed by atoms with van der Waals surface area (Å²) in [5, 5.41) is 8.19. The van der Waals surface area contributed by atoms with Crippen LogP contribution in [0.3, 0.4) is 0 Å². The number of benzene rings is 4. The van der Waals surface area contributed by atoms with Crippen molar-refractivity contribution in [3.63, 3.8) is 0 Å². The van der Waals surface area contributed by atoms with Crippen LogP contribution in [0.2, 0.25) is 5.02 Å². The molecule has 0 radical (unpaired) electrons. The number of nitrogens with zero attached hydrogens (tertiary/aromatic N) is 2. The molecular formula is C30H26ClN3O4S. The molecule has 5 rings (SSSR count). The Hall–Kier alpha value is -4.08. The van der Waals surface area contributed by atoms with E-state index in [-0.39, 0.29) is 4.90 Å². The SMILES string of the molecule is COc1cc(NC(=O)c2c(-c3ccccc3)nn(-c3ccccc3)c2C)cc(S(O)(O)c2ccc(Cl)cc2)c1. The molecule has 0 aliphatic rings. The molecule has 0 unspecified atom stereocenters. The van der Waals surface area contributed by atoms with Gasteiger partial charge < -0.3 is 10.1 Å². The number of anilines is 1. The molecule has 198 valence electrons. The lowest BCUT2D eigenvalue weighted by molar-refractivity contribution is 0.102. The highest BCUT2D eigenvalue weighted by Crippen LogP contribution is 2.56. The summed E-state index contributed by atoms with van der Waals surface area (Å²) >= 11 is 5.98. The Kier molecular flexibility index (Phi) is 7.45. The van der Waals surface area contributed by atoms with Crippen molar-refractivity contribution in [2.75, 3.05) is 12.4 Å². The molecule has 1 amide bonds. The molecule has 0 fully saturated rings. The van der Waals surface area contributed by atoms with Crippen molar-refractivity contribution in [3.05, 3.63) is 119 Å². The normalized spacial score (nSPS) is 11.7. The first-order valence-corrected chi connectivity index (χ1v) is 13.9. The van der Waals surface area contributed by atoms with E-state index in [4.69, 9.17) is 21.4 Å². The quantitative estimate of drug-likeness (QED) is 0.188. The van der Waals surface area contributed by atoms with Crippen molar-refractivity contribution < 1.29 is 18.6 Å². The molecule has 0 saturated carbocycles. The monoisotopic (exact) mass is 559 g/mol. The zero-order valence-corrected chi connectivity index (χ0v) is 22.8. The van der Waals surface area contributed by atoms with Gasteiger partial charge in [0.1, 0.15) is 11.4 Å². The van der Waals surface area contributed by atoms with Gasteiger partial charge in [-0.25, -0.2) is 4.68 Å². The minimum atomic E-state index is -3.41. The first-order valence-electron chi connectivity index (χ1n) is 12.0. The fraction of sp³-hybridized carbons (Fsp3) is 0.0667. The number of halogens is 1. The Labute approximate surface area is 233 Å². The lowest BCUT2D eigenvalue weighted by Crippen LogP contribution is -2.14. The second kappa shape index (κ2) is 11.0. The largest absolute Gasteiger partial charge is 0.497 e. The standard InChI is InChI=1S/C30H26ClN3O4S/c1-20-28(29(21-9-5-3-6-10-21)33-34(20)24-11-7-4-8-12-24)30(35)32-23-17-25(38-2)19-27(18-23)39(36,37)26-15-13-22(31)14-16-26/h3-19,36-37H,1-2H3,(H,32,35). The molecule has 0 aliphatic carbocycles. The van der Waals surface area contributed by atoms with Crippen LogP contribution in [-0.4, -0.2) is 31.9 Å². The van der Waals surface area contributed by atoms with E-state index in [2.05, 4.69) is 5.32 Å². The Morgan fingerprint density at radius 1 is 0.897 bits per heavy atom. The second-order valence-corrected chi connectivity index (χ2v) is 11.3. The van der Waals surface area contributed by atoms with Crippen molar-refractivity contribution in [1.82, 2.24) is 9.78 Å². The zero-order chi connectivity index (χ0) is 27.6. The number of carbonyl (C=O) groups is 1. The molecule has 5 aromatic rings. The third-order valence-corrected chi connectivity index (χ3v) is 8.31. The Bertz CT molecular complexity index is 1620. The van der Waals surface area contributed by atoms with Crippen LogP contribution >= 0.6 is 22.2 Å². The summed E-state index contributed by atoms with van der Waals surface area (Å²) < 4.78 is 29.4. The highest BCUT2D eigenvalue weighted by molar-refractivity contribution is 8.24. The molecule has 9 heteroatoms. The molecular weight excluding hydrogens is 534 g/mol. The number of aromatic nitrogens is 2. The first-order chi connectivity index (χ1) is 18.8. The summed E-state index contributed by atoms with van der Waals surface area (Å²) in [6, 6.07) is 30.1. The maximum absolute atomic E-state index is 13.8. The van der Waals surface area contributed by atoms with Gasteiger partial charge in [0.25, 0.3) is 5.91 Å². The topological polar surface area (TPSA) is 96.6 Å². The Morgan fingerprint density at radius 2 is 1.54 bits per heavy atom. The number of nitrogens with one attached hydrogen (secondary N) is 1. The Balaban J connectivity index is 1.56. The maximum atomic E-state index is 13.8. The van der Waals surface area contributed by atoms with Crippen molar-refractivity contribution in [2.45, 2.75) is 16.7 Å². The fourth-order valence-electron chi connectivity index (χ4n) is 4.27. The number of carbonyl (C=O) groups excluding carboxylic acids is 1. The van der Waals surface area contributed by atoms with E-state index in [1.54, 1.807) is 35.0 Å². The third kappa shape index (κ3) is 5.41. The molecule has 1 aromatic heterocycles. The average Bonchev–Trinajstić information content (AvgIpc) is 3.31. The lowest BCUT2D eigenvalue weighted by atomic mass is 10.1. The summed E-state index contributed by atoms with van der Waals surface area (Å²) in [5.41, 5.74) is 3.55. The van der Waals surface area contributed by atoms with Gasteiger partial charge in [0.05, 0.1) is 33.8 Å². The van der Waals surface area contributed by atoms with Crippen LogP contribution in [0.1, 0.15) is 16.1 Å². The van der Waals surface area contributed by atoms with E-state index in [1.165, 1.54) is 19.2 Å². The van der Waals surface area contributed by atoms with E-state index < -0.39 is 16.5 Å². The smallest absolute Gasteiger partial charge is 0.259 e. The van der Waals surface area contributed by atoms with Crippen LogP contribution in [0.25, 0.3) is 16.9 Å². The molecule has 3 N–H and O–H groups in total. The highest BCUT2D eigenvalue weighted by atomic mass is 35.5. The number of amides is 1. The van der Waals surface area contributed by atoms with Crippen molar-refractivity contribution in [1.29, 1.82) is 0 Å². The van der Waals surface area contributed by atoms with Gasteiger partial charge in [-0.05, 0) is 49.4 Å². The molecule has 1 heterocycles. The van der Waals surface area contributed by atoms with E-state index in [9.17, 15) is 13.9 Å². The van der Waals surface area contributed by atoms with Gasteiger partial charge in [0.15, 0.2) is 0 Å². The van der Waals surface area contributed by atoms with Crippen molar-refractivity contribution >= 4 is 33.8 Å². The van der Waals surface area contributed by atoms with Crippen molar-refractivity contribution in [2.24, 2.45) is 0 Å². The number of methoxy groups -OCH3 is 1. The molecule has 0 aliphatic heterocycles. The van der Waals surface area contributed by atoms with Crippen LogP contribution < -0.4 is 10.1 Å². The van der Waals surface area contributed by atoms with Gasteiger partial charge >= 0.3 is 0 Å². The summed E-state index contributed by atoms with van der Waals surface area (Å²) in [6.45, 7) is 1.84. The van der Waals surface area contributed by atoms with E-state index >= 15 is 0 Å². The number of rotatable bonds is 7. The molecule has 0 bridgehead atoms. The third-order valence-electron chi connectivity index (χ3n) is 6.24. The number of ether oxygens (including phenoxy) is 1. The summed E-state index contributed by atoms with van der Waals surface area (Å²) in [5.74, 6) is -0.0348. The van der Waals surface area contributed by atoms with Gasteiger partial charge in [0, 0.05) is 28.4 Å². The van der Waals surface area contributed by atoms with Crippen LogP contribution in [0.15, 0.2) is 113 Å². The van der Waals surface area contributed by atoms with E-state index in [0.29, 0.717) is 38.3 Å². The number of hydrogen-bond donors (Lipinski definition) is 3. The van der Waals surface area contributed by atoms with Crippen LogP contribution in [0, 0.1) is 6.92 Å². The van der Waals surface area contributed by atoms with E-state index in [0.717, 1.165) is 11.3 Å².